The minimum atomic E-state index is 0.449. The molecule has 0 spiro atoms. The van der Waals surface area contributed by atoms with Gasteiger partial charge < -0.3 is 9.15 Å². The topological polar surface area (TPSA) is 22.4 Å². The maximum atomic E-state index is 5.66. The molecule has 2 heterocycles. The largest absolute Gasteiger partial charge is 0.483 e. The highest BCUT2D eigenvalue weighted by Gasteiger charge is 2.05. The first kappa shape index (κ1) is 9.48. The molecule has 3 aromatic rings. The third-order valence-electron chi connectivity index (χ3n) is 2.32. The molecule has 3 rings (SSSR count). The van der Waals surface area contributed by atoms with Crippen molar-refractivity contribution in [3.05, 3.63) is 53.8 Å². The Kier molecular flexibility index (Phi) is 2.38. The summed E-state index contributed by atoms with van der Waals surface area (Å²) in [5.74, 6) is 1.63. The van der Waals surface area contributed by atoms with E-state index < -0.39 is 0 Å². The molecule has 0 atom stereocenters. The van der Waals surface area contributed by atoms with Gasteiger partial charge in [-0.05, 0) is 24.3 Å². The van der Waals surface area contributed by atoms with Crippen molar-refractivity contribution in [1.82, 2.24) is 0 Å². The van der Waals surface area contributed by atoms with Gasteiger partial charge in [0.15, 0.2) is 0 Å². The Morgan fingerprint density at radius 2 is 2.12 bits per heavy atom. The van der Waals surface area contributed by atoms with E-state index in [0.29, 0.717) is 6.61 Å². The standard InChI is InChI=1S/C13H9O2S/c1-2-6-13-11(5-1)12(9-16-13)15-8-10-4-3-7-14-10/h1-7H,8H2. The van der Waals surface area contributed by atoms with Crippen LogP contribution in [0, 0.1) is 5.38 Å². The van der Waals surface area contributed by atoms with E-state index in [-0.39, 0.29) is 0 Å². The molecule has 0 N–H and O–H groups in total. The van der Waals surface area contributed by atoms with E-state index in [1.807, 2.05) is 30.3 Å². The molecule has 0 fully saturated rings. The molecule has 0 unspecified atom stereocenters. The van der Waals surface area contributed by atoms with Gasteiger partial charge in [0.2, 0.25) is 0 Å². The monoisotopic (exact) mass is 229 g/mol. The van der Waals surface area contributed by atoms with Crippen LogP contribution in [-0.4, -0.2) is 0 Å². The second-order valence-electron chi connectivity index (χ2n) is 3.40. The lowest BCUT2D eigenvalue weighted by molar-refractivity contribution is 0.273. The Balaban J connectivity index is 1.84. The summed E-state index contributed by atoms with van der Waals surface area (Å²) < 4.78 is 12.1. The molecule has 0 saturated heterocycles. The van der Waals surface area contributed by atoms with Crippen LogP contribution in [0.1, 0.15) is 5.76 Å². The molecule has 79 valence electrons. The van der Waals surface area contributed by atoms with Crippen LogP contribution >= 0.6 is 11.3 Å². The molecule has 16 heavy (non-hydrogen) atoms. The summed E-state index contributed by atoms with van der Waals surface area (Å²) in [7, 11) is 0. The van der Waals surface area contributed by atoms with E-state index in [4.69, 9.17) is 9.15 Å². The fourth-order valence-electron chi connectivity index (χ4n) is 1.54. The van der Waals surface area contributed by atoms with E-state index in [1.165, 1.54) is 4.70 Å². The second-order valence-corrected chi connectivity index (χ2v) is 4.25. The van der Waals surface area contributed by atoms with Crippen LogP contribution in [0.3, 0.4) is 0 Å². The molecule has 0 aliphatic rings. The third kappa shape index (κ3) is 1.70. The molecule has 3 heteroatoms. The molecule has 2 nitrogen and oxygen atoms in total. The van der Waals surface area contributed by atoms with Crippen LogP contribution in [0.25, 0.3) is 10.1 Å². The molecule has 0 aliphatic carbocycles. The number of benzene rings is 1. The highest BCUT2D eigenvalue weighted by molar-refractivity contribution is 7.17. The fraction of sp³-hybridized carbons (Fsp3) is 0.0769. The highest BCUT2D eigenvalue weighted by Crippen LogP contribution is 2.31. The number of rotatable bonds is 3. The Morgan fingerprint density at radius 1 is 1.19 bits per heavy atom. The number of fused-ring (bicyclic) bond motifs is 1. The molecular formula is C13H9O2S. The summed E-state index contributed by atoms with van der Waals surface area (Å²) in [6, 6.07) is 11.9. The molecule has 2 aromatic heterocycles. The van der Waals surface area contributed by atoms with Crippen molar-refractivity contribution in [3.8, 4) is 5.75 Å². The lowest BCUT2D eigenvalue weighted by Crippen LogP contribution is -1.92. The molecule has 1 radical (unpaired) electrons. The molecule has 0 saturated carbocycles. The zero-order valence-corrected chi connectivity index (χ0v) is 9.29. The first-order chi connectivity index (χ1) is 7.93. The van der Waals surface area contributed by atoms with E-state index >= 15 is 0 Å². The number of ether oxygens (including phenoxy) is 1. The normalized spacial score (nSPS) is 10.8. The van der Waals surface area contributed by atoms with Gasteiger partial charge in [-0.3, -0.25) is 0 Å². The lowest BCUT2D eigenvalue weighted by atomic mass is 10.2. The second kappa shape index (κ2) is 4.02. The average molecular weight is 229 g/mol. The molecule has 0 amide bonds. The SMILES string of the molecule is [c]1sc2ccccc2c1OCc1ccco1. The van der Waals surface area contributed by atoms with Crippen molar-refractivity contribution in [2.45, 2.75) is 6.61 Å². The quantitative estimate of drug-likeness (QED) is 0.680. The van der Waals surface area contributed by atoms with Crippen LogP contribution in [-0.2, 0) is 6.61 Å². The van der Waals surface area contributed by atoms with Gasteiger partial charge in [-0.15, -0.1) is 11.3 Å². The summed E-state index contributed by atoms with van der Waals surface area (Å²) in [5.41, 5.74) is 0. The van der Waals surface area contributed by atoms with Gasteiger partial charge in [0.05, 0.1) is 11.6 Å². The van der Waals surface area contributed by atoms with Crippen molar-refractivity contribution in [3.63, 3.8) is 0 Å². The number of thiophene rings is 1. The predicted octanol–water partition coefficient (Wildman–Crippen LogP) is 3.87. The Labute approximate surface area is 97.1 Å². The Bertz CT molecular complexity index is 581. The van der Waals surface area contributed by atoms with Crippen molar-refractivity contribution in [2.24, 2.45) is 0 Å². The van der Waals surface area contributed by atoms with Crippen LogP contribution in [0.5, 0.6) is 5.75 Å². The zero-order chi connectivity index (χ0) is 10.8. The van der Waals surface area contributed by atoms with E-state index in [1.54, 1.807) is 17.6 Å². The van der Waals surface area contributed by atoms with Crippen LogP contribution in [0.2, 0.25) is 0 Å². The van der Waals surface area contributed by atoms with Gasteiger partial charge in [0.1, 0.15) is 18.1 Å². The first-order valence-corrected chi connectivity index (χ1v) is 5.79. The van der Waals surface area contributed by atoms with Crippen molar-refractivity contribution < 1.29 is 9.15 Å². The smallest absolute Gasteiger partial charge is 0.147 e. The zero-order valence-electron chi connectivity index (χ0n) is 8.47. The summed E-state index contributed by atoms with van der Waals surface area (Å²) in [4.78, 5) is 0. The van der Waals surface area contributed by atoms with Gasteiger partial charge in [0.25, 0.3) is 0 Å². The summed E-state index contributed by atoms with van der Waals surface area (Å²) in [5, 5.41) is 4.26. The Hall–Kier alpha value is -1.74. The van der Waals surface area contributed by atoms with E-state index in [0.717, 1.165) is 16.9 Å². The number of hydrogen-bond donors (Lipinski definition) is 0. The van der Waals surface area contributed by atoms with E-state index in [9.17, 15) is 0 Å². The maximum absolute atomic E-state index is 5.66. The number of furan rings is 1. The maximum Gasteiger partial charge on any atom is 0.147 e. The van der Waals surface area contributed by atoms with Gasteiger partial charge in [-0.25, -0.2) is 0 Å². The predicted molar refractivity (Wildman–Crippen MR) is 63.7 cm³/mol. The van der Waals surface area contributed by atoms with Gasteiger partial charge >= 0.3 is 0 Å². The summed E-state index contributed by atoms with van der Waals surface area (Å²) in [6.07, 6.45) is 1.65. The Morgan fingerprint density at radius 3 is 3.00 bits per heavy atom. The van der Waals surface area contributed by atoms with Crippen molar-refractivity contribution in [1.29, 1.82) is 0 Å². The average Bonchev–Trinajstić information content (AvgIpc) is 2.96. The first-order valence-electron chi connectivity index (χ1n) is 4.98. The van der Waals surface area contributed by atoms with Crippen LogP contribution in [0.15, 0.2) is 47.1 Å². The highest BCUT2D eigenvalue weighted by atomic mass is 32.1. The van der Waals surface area contributed by atoms with Gasteiger partial charge in [-0.1, -0.05) is 12.1 Å². The number of hydrogen-bond acceptors (Lipinski definition) is 3. The molecule has 0 aliphatic heterocycles. The third-order valence-corrected chi connectivity index (χ3v) is 3.19. The minimum absolute atomic E-state index is 0.449. The molecule has 0 bridgehead atoms. The van der Waals surface area contributed by atoms with Gasteiger partial charge in [-0.2, -0.15) is 0 Å². The lowest BCUT2D eigenvalue weighted by Gasteiger charge is -2.01. The molecule has 1 aromatic carbocycles. The summed E-state index contributed by atoms with van der Waals surface area (Å²) in [6.45, 7) is 0.449. The van der Waals surface area contributed by atoms with Crippen molar-refractivity contribution in [2.75, 3.05) is 0 Å². The van der Waals surface area contributed by atoms with Gasteiger partial charge in [0, 0.05) is 10.1 Å². The minimum Gasteiger partial charge on any atom is -0.483 e. The fourth-order valence-corrected chi connectivity index (χ4v) is 2.33. The summed E-state index contributed by atoms with van der Waals surface area (Å²) >= 11 is 1.57. The van der Waals surface area contributed by atoms with Crippen LogP contribution in [0.4, 0.5) is 0 Å². The van der Waals surface area contributed by atoms with Crippen LogP contribution < -0.4 is 4.74 Å². The van der Waals surface area contributed by atoms with E-state index in [2.05, 4.69) is 11.4 Å². The van der Waals surface area contributed by atoms with Crippen molar-refractivity contribution >= 4 is 21.4 Å². The molecular weight excluding hydrogens is 220 g/mol.